The lowest BCUT2D eigenvalue weighted by Crippen LogP contribution is -2.27. The number of nitrogens with zero attached hydrogens (tertiary/aromatic N) is 2. The summed E-state index contributed by atoms with van der Waals surface area (Å²) in [5.74, 6) is -0.493. The summed E-state index contributed by atoms with van der Waals surface area (Å²) in [4.78, 5) is 25.7. The van der Waals surface area contributed by atoms with Crippen molar-refractivity contribution in [3.05, 3.63) is 77.0 Å². The van der Waals surface area contributed by atoms with Crippen molar-refractivity contribution in [3.8, 4) is 6.07 Å². The zero-order chi connectivity index (χ0) is 18.5. The molecule has 0 saturated heterocycles. The van der Waals surface area contributed by atoms with Gasteiger partial charge >= 0.3 is 0 Å². The second-order valence-electron chi connectivity index (χ2n) is 6.23. The monoisotopic (exact) mass is 345 g/mol. The van der Waals surface area contributed by atoms with Gasteiger partial charge < -0.3 is 10.2 Å². The Hall–Kier alpha value is -3.39. The normalized spacial score (nSPS) is 13.5. The second-order valence-corrected chi connectivity index (χ2v) is 6.23. The molecule has 0 bridgehead atoms. The average molecular weight is 345 g/mol. The number of carbonyl (C=O) groups is 2. The van der Waals surface area contributed by atoms with E-state index in [4.69, 9.17) is 0 Å². The Morgan fingerprint density at radius 1 is 1.12 bits per heavy atom. The fraction of sp³-hybridized carbons (Fsp3) is 0.190. The summed E-state index contributed by atoms with van der Waals surface area (Å²) in [7, 11) is 0. The molecule has 2 aromatic carbocycles. The number of fused-ring (bicyclic) bond motifs is 1. The highest BCUT2D eigenvalue weighted by Crippen LogP contribution is 2.19. The van der Waals surface area contributed by atoms with Crippen LogP contribution < -0.4 is 5.32 Å². The standard InChI is InChI=1S/C21H19N3O2/c1-15(25)16-6-8-20(9-7-16)23-21(26)19(12-22)14-24-11-10-17-4-2-3-5-18(17)13-24/h2-9,14H,10-11,13H2,1H3,(H,23,26)/b19-14-. The van der Waals surface area contributed by atoms with E-state index >= 15 is 0 Å². The molecule has 3 rings (SSSR count). The van der Waals surface area contributed by atoms with Gasteiger partial charge in [-0.05, 0) is 48.7 Å². The molecule has 1 aliphatic heterocycles. The zero-order valence-corrected chi connectivity index (χ0v) is 14.5. The first-order valence-electron chi connectivity index (χ1n) is 8.42. The lowest BCUT2D eigenvalue weighted by molar-refractivity contribution is -0.112. The molecule has 0 unspecified atom stereocenters. The zero-order valence-electron chi connectivity index (χ0n) is 14.5. The topological polar surface area (TPSA) is 73.2 Å². The minimum Gasteiger partial charge on any atom is -0.371 e. The Kier molecular flexibility index (Phi) is 5.14. The van der Waals surface area contributed by atoms with Crippen molar-refractivity contribution in [1.29, 1.82) is 5.26 Å². The van der Waals surface area contributed by atoms with Crippen molar-refractivity contribution in [2.24, 2.45) is 0 Å². The summed E-state index contributed by atoms with van der Waals surface area (Å²) >= 11 is 0. The van der Waals surface area contributed by atoms with Crippen LogP contribution in [0.5, 0.6) is 0 Å². The van der Waals surface area contributed by atoms with Crippen molar-refractivity contribution >= 4 is 17.4 Å². The third-order valence-corrected chi connectivity index (χ3v) is 4.39. The molecule has 5 nitrogen and oxygen atoms in total. The Balaban J connectivity index is 1.70. The summed E-state index contributed by atoms with van der Waals surface area (Å²) in [6, 6.07) is 16.8. The van der Waals surface area contributed by atoms with Gasteiger partial charge in [0.15, 0.2) is 5.78 Å². The van der Waals surface area contributed by atoms with E-state index in [0.717, 1.165) is 13.0 Å². The first-order chi connectivity index (χ1) is 12.6. The number of amides is 1. The molecule has 130 valence electrons. The molecule has 0 spiro atoms. The summed E-state index contributed by atoms with van der Waals surface area (Å²) < 4.78 is 0. The number of rotatable bonds is 4. The first kappa shape index (κ1) is 17.4. The molecule has 0 aromatic heterocycles. The summed E-state index contributed by atoms with van der Waals surface area (Å²) in [5.41, 5.74) is 3.70. The highest BCUT2D eigenvalue weighted by molar-refractivity contribution is 6.06. The second kappa shape index (κ2) is 7.66. The summed E-state index contributed by atoms with van der Waals surface area (Å²) in [5, 5.41) is 12.1. The van der Waals surface area contributed by atoms with Gasteiger partial charge in [0.05, 0.1) is 0 Å². The maximum absolute atomic E-state index is 12.4. The quantitative estimate of drug-likeness (QED) is 0.524. The van der Waals surface area contributed by atoms with Crippen molar-refractivity contribution < 1.29 is 9.59 Å². The number of Topliss-reactive ketones (excluding diaryl/α,β-unsaturated/α-hetero) is 1. The average Bonchev–Trinajstić information content (AvgIpc) is 2.66. The smallest absolute Gasteiger partial charge is 0.267 e. The van der Waals surface area contributed by atoms with Gasteiger partial charge in [-0.15, -0.1) is 0 Å². The van der Waals surface area contributed by atoms with Gasteiger partial charge in [-0.3, -0.25) is 9.59 Å². The number of ketones is 1. The number of anilines is 1. The Morgan fingerprint density at radius 3 is 2.46 bits per heavy atom. The largest absolute Gasteiger partial charge is 0.371 e. The number of hydrogen-bond acceptors (Lipinski definition) is 4. The van der Waals surface area contributed by atoms with Crippen LogP contribution >= 0.6 is 0 Å². The van der Waals surface area contributed by atoms with Gasteiger partial charge in [0.1, 0.15) is 11.6 Å². The highest BCUT2D eigenvalue weighted by atomic mass is 16.1. The molecule has 2 aromatic rings. The molecular formula is C21H19N3O2. The molecular weight excluding hydrogens is 326 g/mol. The summed E-state index contributed by atoms with van der Waals surface area (Å²) in [6.45, 7) is 2.94. The lowest BCUT2D eigenvalue weighted by Gasteiger charge is -2.27. The van der Waals surface area contributed by atoms with E-state index in [0.29, 0.717) is 17.8 Å². The fourth-order valence-corrected chi connectivity index (χ4v) is 2.94. The molecule has 0 atom stereocenters. The first-order valence-corrected chi connectivity index (χ1v) is 8.42. The maximum Gasteiger partial charge on any atom is 0.267 e. The molecule has 0 aliphatic carbocycles. The fourth-order valence-electron chi connectivity index (χ4n) is 2.94. The lowest BCUT2D eigenvalue weighted by atomic mass is 10.0. The predicted octanol–water partition coefficient (Wildman–Crippen LogP) is 3.29. The van der Waals surface area contributed by atoms with Crippen LogP contribution in [0.25, 0.3) is 0 Å². The number of carbonyl (C=O) groups excluding carboxylic acids is 2. The third kappa shape index (κ3) is 3.98. The third-order valence-electron chi connectivity index (χ3n) is 4.39. The van der Waals surface area contributed by atoms with Crippen LogP contribution in [0, 0.1) is 11.3 Å². The van der Waals surface area contributed by atoms with Crippen LogP contribution in [0.15, 0.2) is 60.3 Å². The van der Waals surface area contributed by atoms with E-state index in [9.17, 15) is 14.9 Å². The molecule has 0 fully saturated rings. The number of nitriles is 1. The van der Waals surface area contributed by atoms with E-state index in [1.165, 1.54) is 18.1 Å². The van der Waals surface area contributed by atoms with Crippen LogP contribution in [0.3, 0.4) is 0 Å². The van der Waals surface area contributed by atoms with Crippen LogP contribution in [0.4, 0.5) is 5.69 Å². The van der Waals surface area contributed by atoms with Gasteiger partial charge in [-0.25, -0.2) is 0 Å². The van der Waals surface area contributed by atoms with E-state index in [-0.39, 0.29) is 11.4 Å². The minimum absolute atomic E-state index is 0.0362. The summed E-state index contributed by atoms with van der Waals surface area (Å²) in [6.07, 6.45) is 2.51. The maximum atomic E-state index is 12.4. The molecule has 1 amide bonds. The molecule has 1 N–H and O–H groups in total. The van der Waals surface area contributed by atoms with Gasteiger partial charge in [0.25, 0.3) is 5.91 Å². The predicted molar refractivity (Wildman–Crippen MR) is 99.3 cm³/mol. The van der Waals surface area contributed by atoms with E-state index in [2.05, 4.69) is 17.4 Å². The van der Waals surface area contributed by atoms with Gasteiger partial charge in [0, 0.05) is 30.5 Å². The Bertz CT molecular complexity index is 908. The minimum atomic E-state index is -0.457. The molecule has 1 heterocycles. The Labute approximate surface area is 152 Å². The molecule has 1 aliphatic rings. The van der Waals surface area contributed by atoms with E-state index < -0.39 is 5.91 Å². The van der Waals surface area contributed by atoms with Crippen LogP contribution in [-0.4, -0.2) is 23.1 Å². The molecule has 0 saturated carbocycles. The molecule has 5 heteroatoms. The van der Waals surface area contributed by atoms with Crippen molar-refractivity contribution in [3.63, 3.8) is 0 Å². The van der Waals surface area contributed by atoms with Crippen molar-refractivity contribution in [2.45, 2.75) is 19.9 Å². The van der Waals surface area contributed by atoms with E-state index in [1.54, 1.807) is 30.5 Å². The van der Waals surface area contributed by atoms with Crippen molar-refractivity contribution in [1.82, 2.24) is 4.90 Å². The van der Waals surface area contributed by atoms with Crippen molar-refractivity contribution in [2.75, 3.05) is 11.9 Å². The van der Waals surface area contributed by atoms with Gasteiger partial charge in [-0.2, -0.15) is 5.26 Å². The molecule has 26 heavy (non-hydrogen) atoms. The van der Waals surface area contributed by atoms with Gasteiger partial charge in [-0.1, -0.05) is 24.3 Å². The van der Waals surface area contributed by atoms with Crippen LogP contribution in [0.2, 0.25) is 0 Å². The molecule has 0 radical (unpaired) electrons. The van der Waals surface area contributed by atoms with E-state index in [1.807, 2.05) is 23.1 Å². The van der Waals surface area contributed by atoms with Crippen LogP contribution in [-0.2, 0) is 17.8 Å². The highest BCUT2D eigenvalue weighted by Gasteiger charge is 2.16. The Morgan fingerprint density at radius 2 is 1.81 bits per heavy atom. The SMILES string of the molecule is CC(=O)c1ccc(NC(=O)/C(C#N)=C\N2CCc3ccccc3C2)cc1. The number of benzene rings is 2. The van der Waals surface area contributed by atoms with Gasteiger partial charge in [0.2, 0.25) is 0 Å². The number of hydrogen-bond donors (Lipinski definition) is 1. The van der Waals surface area contributed by atoms with Crippen LogP contribution in [0.1, 0.15) is 28.4 Å². The number of nitrogens with one attached hydrogen (secondary N) is 1.